The van der Waals surface area contributed by atoms with E-state index in [9.17, 15) is 9.59 Å². The molecule has 2 aromatic rings. The fourth-order valence-corrected chi connectivity index (χ4v) is 4.33. The molecule has 1 aliphatic rings. The number of nitrogens with zero attached hydrogens (tertiary/aromatic N) is 1. The maximum absolute atomic E-state index is 13.4. The van der Waals surface area contributed by atoms with Gasteiger partial charge in [-0.15, -0.1) is 0 Å². The molecule has 3 rings (SSSR count). The van der Waals surface area contributed by atoms with Crippen LogP contribution in [0.25, 0.3) is 0 Å². The van der Waals surface area contributed by atoms with Crippen LogP contribution in [0.5, 0.6) is 0 Å². The first kappa shape index (κ1) is 22.5. The molecule has 1 N–H and O–H groups in total. The average Bonchev–Trinajstić information content (AvgIpc) is 3.26. The lowest BCUT2D eigenvalue weighted by atomic mass is 10.0. The highest BCUT2D eigenvalue weighted by atomic mass is 79.9. The summed E-state index contributed by atoms with van der Waals surface area (Å²) in [5, 5.41) is 3.23. The Morgan fingerprint density at radius 3 is 2.33 bits per heavy atom. The highest BCUT2D eigenvalue weighted by molar-refractivity contribution is 9.10. The predicted octanol–water partition coefficient (Wildman–Crippen LogP) is 5.25. The zero-order valence-corrected chi connectivity index (χ0v) is 19.2. The zero-order chi connectivity index (χ0) is 21.3. The lowest BCUT2D eigenvalue weighted by Gasteiger charge is -2.32. The Hall–Kier alpha value is -2.14. The molecule has 0 aromatic heterocycles. The van der Waals surface area contributed by atoms with Crippen LogP contribution in [0, 0.1) is 0 Å². The first-order valence-corrected chi connectivity index (χ1v) is 11.7. The topological polar surface area (TPSA) is 49.4 Å². The number of benzene rings is 2. The molecule has 0 aliphatic heterocycles. The molecule has 0 radical (unpaired) electrons. The van der Waals surface area contributed by atoms with Crippen LogP contribution in [-0.2, 0) is 22.6 Å². The van der Waals surface area contributed by atoms with E-state index in [0.29, 0.717) is 19.4 Å². The fraction of sp³-hybridized carbons (Fsp3) is 0.440. The van der Waals surface area contributed by atoms with Crippen molar-refractivity contribution in [2.45, 2.75) is 70.5 Å². The Kier molecular flexibility index (Phi) is 8.50. The number of amides is 2. The molecule has 4 nitrogen and oxygen atoms in total. The molecule has 5 heteroatoms. The number of hydrogen-bond acceptors (Lipinski definition) is 2. The summed E-state index contributed by atoms with van der Waals surface area (Å²) in [4.78, 5) is 28.3. The average molecular weight is 471 g/mol. The molecule has 1 unspecified atom stereocenters. The van der Waals surface area contributed by atoms with Crippen LogP contribution in [0.15, 0.2) is 59.1 Å². The molecular weight excluding hydrogens is 440 g/mol. The van der Waals surface area contributed by atoms with Crippen molar-refractivity contribution in [1.82, 2.24) is 10.2 Å². The van der Waals surface area contributed by atoms with Gasteiger partial charge in [0.1, 0.15) is 6.04 Å². The Morgan fingerprint density at radius 1 is 1.03 bits per heavy atom. The molecule has 0 bridgehead atoms. The van der Waals surface area contributed by atoms with Crippen LogP contribution in [0.2, 0.25) is 0 Å². The van der Waals surface area contributed by atoms with E-state index in [1.165, 1.54) is 0 Å². The van der Waals surface area contributed by atoms with Crippen molar-refractivity contribution in [3.05, 3.63) is 70.2 Å². The van der Waals surface area contributed by atoms with Gasteiger partial charge < -0.3 is 10.2 Å². The maximum atomic E-state index is 13.4. The van der Waals surface area contributed by atoms with Gasteiger partial charge >= 0.3 is 0 Å². The van der Waals surface area contributed by atoms with Crippen molar-refractivity contribution in [1.29, 1.82) is 0 Å². The Labute approximate surface area is 188 Å². The number of halogens is 1. The molecule has 0 saturated heterocycles. The van der Waals surface area contributed by atoms with Crippen LogP contribution in [0.4, 0.5) is 0 Å². The lowest BCUT2D eigenvalue weighted by Crippen LogP contribution is -2.52. The van der Waals surface area contributed by atoms with Crippen LogP contribution in [0.1, 0.15) is 56.6 Å². The molecule has 0 spiro atoms. The van der Waals surface area contributed by atoms with Gasteiger partial charge in [0.05, 0.1) is 0 Å². The number of carbonyl (C=O) groups excluding carboxylic acids is 2. The molecule has 1 atom stereocenters. The summed E-state index contributed by atoms with van der Waals surface area (Å²) in [6.45, 7) is 2.43. The minimum absolute atomic E-state index is 0.0305. The number of carbonyl (C=O) groups is 2. The molecule has 2 amide bonds. The normalized spacial score (nSPS) is 15.0. The molecule has 160 valence electrons. The van der Waals surface area contributed by atoms with Gasteiger partial charge in [-0.1, -0.05) is 78.2 Å². The van der Waals surface area contributed by atoms with E-state index in [0.717, 1.165) is 47.7 Å². The van der Waals surface area contributed by atoms with Crippen molar-refractivity contribution in [2.75, 3.05) is 0 Å². The maximum Gasteiger partial charge on any atom is 0.243 e. The Morgan fingerprint density at radius 2 is 1.70 bits per heavy atom. The third-order valence-electron chi connectivity index (χ3n) is 5.70. The van der Waals surface area contributed by atoms with E-state index >= 15 is 0 Å². The van der Waals surface area contributed by atoms with Crippen LogP contribution >= 0.6 is 15.9 Å². The Balaban J connectivity index is 1.87. The van der Waals surface area contributed by atoms with Gasteiger partial charge in [0.2, 0.25) is 11.8 Å². The number of nitrogens with one attached hydrogen (secondary N) is 1. The van der Waals surface area contributed by atoms with E-state index < -0.39 is 6.04 Å². The number of rotatable bonds is 9. The van der Waals surface area contributed by atoms with Crippen LogP contribution < -0.4 is 5.32 Å². The minimum Gasteiger partial charge on any atom is -0.352 e. The van der Waals surface area contributed by atoms with Crippen molar-refractivity contribution in [3.8, 4) is 0 Å². The van der Waals surface area contributed by atoms with E-state index in [1.807, 2.05) is 61.5 Å². The third kappa shape index (κ3) is 6.43. The summed E-state index contributed by atoms with van der Waals surface area (Å²) >= 11 is 3.47. The highest BCUT2D eigenvalue weighted by Gasteiger charge is 2.31. The molecule has 0 heterocycles. The van der Waals surface area contributed by atoms with Crippen molar-refractivity contribution in [2.24, 2.45) is 0 Å². The number of hydrogen-bond donors (Lipinski definition) is 1. The Bertz CT molecular complexity index is 817. The van der Waals surface area contributed by atoms with E-state index in [2.05, 4.69) is 21.2 Å². The lowest BCUT2D eigenvalue weighted by molar-refractivity contribution is -0.141. The first-order valence-electron chi connectivity index (χ1n) is 10.9. The second kappa shape index (κ2) is 11.3. The van der Waals surface area contributed by atoms with Gasteiger partial charge in [0.25, 0.3) is 0 Å². The monoisotopic (exact) mass is 470 g/mol. The van der Waals surface area contributed by atoms with Gasteiger partial charge in [-0.3, -0.25) is 9.59 Å². The first-order chi connectivity index (χ1) is 14.6. The largest absolute Gasteiger partial charge is 0.352 e. The summed E-state index contributed by atoms with van der Waals surface area (Å²) in [6, 6.07) is 17.7. The summed E-state index contributed by atoms with van der Waals surface area (Å²) in [7, 11) is 0. The second-order valence-corrected chi connectivity index (χ2v) is 9.01. The minimum atomic E-state index is -0.518. The van der Waals surface area contributed by atoms with Gasteiger partial charge in [0, 0.05) is 29.9 Å². The SMILES string of the molecule is CCCC(=O)N(Cc1ccc(Br)cc1)C(Cc1ccccc1)C(=O)NC1CCCC1. The standard InChI is InChI=1S/C25H31BrN2O2/c1-2-8-24(29)28(18-20-13-15-21(26)16-14-20)23(17-19-9-4-3-5-10-19)25(30)27-22-11-6-7-12-22/h3-5,9-10,13-16,22-23H,2,6-8,11-12,17-18H2,1H3,(H,27,30). The molecular formula is C25H31BrN2O2. The fourth-order valence-electron chi connectivity index (χ4n) is 4.07. The van der Waals surface area contributed by atoms with Crippen LogP contribution in [-0.4, -0.2) is 28.8 Å². The molecule has 1 aliphatic carbocycles. The van der Waals surface area contributed by atoms with Gasteiger partial charge in [-0.05, 0) is 42.5 Å². The van der Waals surface area contributed by atoms with E-state index in [-0.39, 0.29) is 17.9 Å². The summed E-state index contributed by atoms with van der Waals surface area (Å²) in [5.74, 6) is -0.00441. The van der Waals surface area contributed by atoms with Gasteiger partial charge in [0.15, 0.2) is 0 Å². The summed E-state index contributed by atoms with van der Waals surface area (Å²) < 4.78 is 0.998. The summed E-state index contributed by atoms with van der Waals surface area (Å²) in [6.07, 6.45) is 6.10. The molecule has 1 saturated carbocycles. The smallest absolute Gasteiger partial charge is 0.243 e. The van der Waals surface area contributed by atoms with Gasteiger partial charge in [-0.25, -0.2) is 0 Å². The van der Waals surface area contributed by atoms with Gasteiger partial charge in [-0.2, -0.15) is 0 Å². The quantitative estimate of drug-likeness (QED) is 0.543. The molecule has 2 aromatic carbocycles. The zero-order valence-electron chi connectivity index (χ0n) is 17.6. The second-order valence-electron chi connectivity index (χ2n) is 8.09. The van der Waals surface area contributed by atoms with Crippen LogP contribution in [0.3, 0.4) is 0 Å². The third-order valence-corrected chi connectivity index (χ3v) is 6.23. The van der Waals surface area contributed by atoms with Crippen molar-refractivity contribution in [3.63, 3.8) is 0 Å². The highest BCUT2D eigenvalue weighted by Crippen LogP contribution is 2.21. The molecule has 30 heavy (non-hydrogen) atoms. The van der Waals surface area contributed by atoms with E-state index in [4.69, 9.17) is 0 Å². The van der Waals surface area contributed by atoms with Crippen molar-refractivity contribution < 1.29 is 9.59 Å². The molecule has 1 fully saturated rings. The van der Waals surface area contributed by atoms with E-state index in [1.54, 1.807) is 4.90 Å². The van der Waals surface area contributed by atoms with Crippen molar-refractivity contribution >= 4 is 27.7 Å². The predicted molar refractivity (Wildman–Crippen MR) is 124 cm³/mol. The summed E-state index contributed by atoms with van der Waals surface area (Å²) in [5.41, 5.74) is 2.09.